The molecular formula is C33H78N8O3. The number of aliphatic imine (C=N–C) groups is 1. The zero-order valence-electron chi connectivity index (χ0n) is 29.6. The Balaban J connectivity index is -0.0000000773. The van der Waals surface area contributed by atoms with Crippen molar-refractivity contribution in [3.05, 3.63) is 0 Å². The summed E-state index contributed by atoms with van der Waals surface area (Å²) in [4.78, 5) is 26.3. The average Bonchev–Trinajstić information content (AvgIpc) is 2.83. The summed E-state index contributed by atoms with van der Waals surface area (Å²) in [6, 6.07) is 1.58. The van der Waals surface area contributed by atoms with Crippen LogP contribution in [0, 0.1) is 48.0 Å². The standard InChI is InChI=1S/C7H15N3O.C7H13N3.C5H12N2O.C4H10O.2C4H10.2CH4/c1-6(2)3-10-4-8-7(11)9-5-10;1-4-9-7(8)10-5-6(2)3;1-4(2)3-7-5(6)8;1-4(2)3-5;2*1-4(2)3;;/h6H,3-5H2,1-2H3,(H2,8,9,11);1,6H,5H2,2-3H3,(H3,8,9,10);4H,3H2,1-2H3,(H3,6,7,8);4-5H,3H2,1-2H3;2*4H,1-3H3;2*1H4. The molecule has 11 nitrogen and oxygen atoms in total. The Morgan fingerprint density at radius 3 is 1.39 bits per heavy atom. The number of amides is 4. The van der Waals surface area contributed by atoms with Crippen molar-refractivity contribution in [2.75, 3.05) is 39.6 Å². The molecule has 1 aliphatic heterocycles. The third kappa shape index (κ3) is 83.3. The minimum absolute atomic E-state index is 0. The maximum atomic E-state index is 10.6. The molecule has 0 aromatic carbocycles. The highest BCUT2D eigenvalue weighted by atomic mass is 16.3. The number of guanidine groups is 1. The number of nitrogens with zero attached hydrogens (tertiary/aromatic N) is 2. The summed E-state index contributed by atoms with van der Waals surface area (Å²) in [5, 5.41) is 18.9. The molecule has 9 N–H and O–H groups in total. The molecule has 1 saturated heterocycles. The van der Waals surface area contributed by atoms with E-state index < -0.39 is 6.03 Å². The molecule has 1 heterocycles. The summed E-state index contributed by atoms with van der Waals surface area (Å²) in [5.41, 5.74) is 10.1. The molecule has 1 aliphatic rings. The molecule has 11 heteroatoms. The number of primary amides is 1. The van der Waals surface area contributed by atoms with Crippen molar-refractivity contribution in [1.82, 2.24) is 26.2 Å². The van der Waals surface area contributed by atoms with Gasteiger partial charge in [-0.25, -0.2) is 9.59 Å². The van der Waals surface area contributed by atoms with Gasteiger partial charge in [0.15, 0.2) is 0 Å². The second-order valence-corrected chi connectivity index (χ2v) is 12.8. The van der Waals surface area contributed by atoms with Crippen LogP contribution in [0.3, 0.4) is 0 Å². The molecule has 0 aromatic rings. The quantitative estimate of drug-likeness (QED) is 0.105. The number of aliphatic hydroxyl groups is 1. The molecule has 1 rings (SSSR count). The first-order valence-electron chi connectivity index (χ1n) is 15.1. The van der Waals surface area contributed by atoms with E-state index in [1.807, 2.05) is 27.7 Å². The van der Waals surface area contributed by atoms with Crippen LogP contribution in [0.4, 0.5) is 9.59 Å². The summed E-state index contributed by atoms with van der Waals surface area (Å²) in [7, 11) is 0. The van der Waals surface area contributed by atoms with Gasteiger partial charge in [0, 0.05) is 32.3 Å². The minimum Gasteiger partial charge on any atom is -0.396 e. The van der Waals surface area contributed by atoms with Gasteiger partial charge >= 0.3 is 12.1 Å². The number of hydrogen-bond acceptors (Lipinski definition) is 5. The Labute approximate surface area is 274 Å². The molecule has 1 fully saturated rings. The number of nitrogens with two attached hydrogens (primary N) is 2. The molecule has 0 aliphatic carbocycles. The van der Waals surface area contributed by atoms with Crippen LogP contribution in [-0.2, 0) is 0 Å². The van der Waals surface area contributed by atoms with E-state index in [0.29, 0.717) is 56.1 Å². The summed E-state index contributed by atoms with van der Waals surface area (Å²) < 4.78 is 0. The van der Waals surface area contributed by atoms with E-state index >= 15 is 0 Å². The van der Waals surface area contributed by atoms with E-state index in [-0.39, 0.29) is 20.9 Å². The number of rotatable bonds is 7. The van der Waals surface area contributed by atoms with E-state index in [0.717, 1.165) is 24.9 Å². The molecule has 268 valence electrons. The zero-order valence-corrected chi connectivity index (χ0v) is 29.6. The Hall–Kier alpha value is -2.71. The van der Waals surface area contributed by atoms with Crippen molar-refractivity contribution in [3.8, 4) is 12.5 Å². The SMILES string of the molecule is C.C.C#CN=C(N)NCC(C)C.CC(C)C.CC(C)C.CC(C)CN1CNC(=O)NC1.CC(C)CNC(N)=O.CC(C)CO. The normalized spacial score (nSPS) is 11.9. The van der Waals surface area contributed by atoms with Gasteiger partial charge in [-0.3, -0.25) is 4.90 Å². The van der Waals surface area contributed by atoms with Gasteiger partial charge in [-0.2, -0.15) is 4.99 Å². The second kappa shape index (κ2) is 40.3. The van der Waals surface area contributed by atoms with Gasteiger partial charge in [-0.05, 0) is 35.5 Å². The van der Waals surface area contributed by atoms with Gasteiger partial charge in [0.05, 0.1) is 13.3 Å². The van der Waals surface area contributed by atoms with E-state index in [1.54, 1.807) is 0 Å². The molecule has 0 aromatic heterocycles. The van der Waals surface area contributed by atoms with Gasteiger partial charge < -0.3 is 37.8 Å². The van der Waals surface area contributed by atoms with E-state index in [1.165, 1.54) is 0 Å². The summed E-state index contributed by atoms with van der Waals surface area (Å²) in [5.74, 6) is 4.09. The lowest BCUT2D eigenvalue weighted by atomic mass is 10.2. The first-order valence-corrected chi connectivity index (χ1v) is 15.1. The Morgan fingerprint density at radius 1 is 0.818 bits per heavy atom. The van der Waals surface area contributed by atoms with Gasteiger partial charge in [0.25, 0.3) is 0 Å². The number of aliphatic hydroxyl groups excluding tert-OH is 1. The van der Waals surface area contributed by atoms with Crippen molar-refractivity contribution in [2.45, 2.75) is 112 Å². The maximum absolute atomic E-state index is 10.6. The maximum Gasteiger partial charge on any atom is 0.316 e. The molecule has 0 atom stereocenters. The van der Waals surface area contributed by atoms with Crippen molar-refractivity contribution >= 4 is 18.0 Å². The topological polar surface area (TPSA) is 170 Å². The van der Waals surface area contributed by atoms with E-state index in [9.17, 15) is 9.59 Å². The van der Waals surface area contributed by atoms with Crippen LogP contribution in [0.2, 0.25) is 0 Å². The smallest absolute Gasteiger partial charge is 0.316 e. The van der Waals surface area contributed by atoms with Gasteiger partial charge in [-0.15, -0.1) is 0 Å². The van der Waals surface area contributed by atoms with Crippen molar-refractivity contribution in [1.29, 1.82) is 0 Å². The fraction of sp³-hybridized carbons (Fsp3) is 0.848. The lowest BCUT2D eigenvalue weighted by Crippen LogP contribution is -2.54. The lowest BCUT2D eigenvalue weighted by molar-refractivity contribution is 0.171. The molecule has 0 unspecified atom stereocenters. The van der Waals surface area contributed by atoms with Crippen molar-refractivity contribution in [3.63, 3.8) is 0 Å². The third-order valence-electron chi connectivity index (χ3n) is 3.48. The number of nitrogens with one attached hydrogen (secondary N) is 4. The number of carbonyl (C=O) groups excluding carboxylic acids is 2. The van der Waals surface area contributed by atoms with Crippen LogP contribution in [0.25, 0.3) is 0 Å². The molecule has 0 radical (unpaired) electrons. The third-order valence-corrected chi connectivity index (χ3v) is 3.48. The summed E-state index contributed by atoms with van der Waals surface area (Å²) in [6.07, 6.45) is 4.88. The minimum atomic E-state index is -0.446. The van der Waals surface area contributed by atoms with Crippen LogP contribution in [0.5, 0.6) is 0 Å². The van der Waals surface area contributed by atoms with Crippen LogP contribution in [-0.4, -0.2) is 67.6 Å². The molecule has 0 bridgehead atoms. The number of terminal acetylenes is 1. The number of carbonyl (C=O) groups is 2. The lowest BCUT2D eigenvalue weighted by Gasteiger charge is -2.28. The number of urea groups is 2. The predicted molar refractivity (Wildman–Crippen MR) is 195 cm³/mol. The predicted octanol–water partition coefficient (Wildman–Crippen LogP) is 5.85. The first kappa shape index (κ1) is 57.0. The molecule has 0 spiro atoms. The Kier molecular flexibility index (Phi) is 52.2. The van der Waals surface area contributed by atoms with E-state index in [2.05, 4.69) is 106 Å². The van der Waals surface area contributed by atoms with Crippen molar-refractivity contribution < 1.29 is 14.7 Å². The van der Waals surface area contributed by atoms with Crippen LogP contribution in [0.15, 0.2) is 4.99 Å². The summed E-state index contributed by atoms with van der Waals surface area (Å²) in [6.45, 7) is 33.6. The van der Waals surface area contributed by atoms with Crippen LogP contribution >= 0.6 is 0 Å². The van der Waals surface area contributed by atoms with Gasteiger partial charge in [0.1, 0.15) is 0 Å². The fourth-order valence-corrected chi connectivity index (χ4v) is 1.85. The molecule has 0 saturated carbocycles. The molecular weight excluding hydrogens is 556 g/mol. The second-order valence-electron chi connectivity index (χ2n) is 12.8. The molecule has 44 heavy (non-hydrogen) atoms. The zero-order chi connectivity index (χ0) is 34.3. The van der Waals surface area contributed by atoms with Gasteiger partial charge in [0.2, 0.25) is 5.96 Å². The van der Waals surface area contributed by atoms with Crippen LogP contribution in [0.1, 0.15) is 112 Å². The monoisotopic (exact) mass is 635 g/mol. The van der Waals surface area contributed by atoms with Gasteiger partial charge in [-0.1, -0.05) is 118 Å². The van der Waals surface area contributed by atoms with E-state index in [4.69, 9.17) is 23.0 Å². The van der Waals surface area contributed by atoms with Crippen molar-refractivity contribution in [2.24, 2.45) is 52.0 Å². The number of hydrogen-bond donors (Lipinski definition) is 7. The summed E-state index contributed by atoms with van der Waals surface area (Å²) >= 11 is 0. The highest BCUT2D eigenvalue weighted by Crippen LogP contribution is 1.97. The first-order chi connectivity index (χ1) is 19.2. The van der Waals surface area contributed by atoms with Crippen LogP contribution < -0.4 is 32.7 Å². The Morgan fingerprint density at radius 2 is 1.16 bits per heavy atom. The highest BCUT2D eigenvalue weighted by molar-refractivity contribution is 5.78. The Bertz CT molecular complexity index is 653. The fourth-order valence-electron chi connectivity index (χ4n) is 1.85. The average molecular weight is 635 g/mol. The largest absolute Gasteiger partial charge is 0.396 e. The highest BCUT2D eigenvalue weighted by Gasteiger charge is 2.13. The molecule has 4 amide bonds.